The van der Waals surface area contributed by atoms with Crippen molar-refractivity contribution in [3.63, 3.8) is 0 Å². The highest BCUT2D eigenvalue weighted by Gasteiger charge is 2.24. The second-order valence-electron chi connectivity index (χ2n) is 17.5. The highest BCUT2D eigenvalue weighted by Crippen LogP contribution is 2.44. The number of aromatic nitrogens is 3. The molecule has 3 heterocycles. The summed E-state index contributed by atoms with van der Waals surface area (Å²) < 4.78 is 4.33. The van der Waals surface area contributed by atoms with Crippen LogP contribution in [0.4, 0.5) is 0 Å². The highest BCUT2D eigenvalue weighted by molar-refractivity contribution is 6.13. The normalized spacial score (nSPS) is 11.0. The summed E-state index contributed by atoms with van der Waals surface area (Å²) in [5, 5.41) is 56.3. The van der Waals surface area contributed by atoms with Crippen molar-refractivity contribution in [1.29, 1.82) is 26.3 Å². The Morgan fingerprint density at radius 1 is 0.278 bits per heavy atom. The quantitative estimate of drug-likeness (QED) is 0.156. The molecular formula is C64H34N8. The fraction of sp³-hybridized carbons (Fsp3) is 0. The van der Waals surface area contributed by atoms with E-state index < -0.39 is 0 Å². The maximum atomic E-state index is 11.6. The fourth-order valence-corrected chi connectivity index (χ4v) is 10.4. The number of nitrogens with zero attached hydrogens (tertiary/aromatic N) is 8. The minimum atomic E-state index is 0.388. The Morgan fingerprint density at radius 2 is 0.597 bits per heavy atom. The summed E-state index contributed by atoms with van der Waals surface area (Å²) in [6, 6.07) is 75.1. The van der Waals surface area contributed by atoms with Gasteiger partial charge in [0.25, 0.3) is 0 Å². The average Bonchev–Trinajstić information content (AvgIpc) is 3.95. The van der Waals surface area contributed by atoms with Crippen LogP contribution in [0.25, 0.3) is 111 Å². The zero-order valence-electron chi connectivity index (χ0n) is 38.2. The van der Waals surface area contributed by atoms with Gasteiger partial charge in [0.1, 0.15) is 6.07 Å². The van der Waals surface area contributed by atoms with E-state index in [9.17, 15) is 26.3 Å². The van der Waals surface area contributed by atoms with Crippen LogP contribution in [0.2, 0.25) is 0 Å². The molecular weight excluding hydrogens is 881 g/mol. The van der Waals surface area contributed by atoms with Crippen LogP contribution in [0.15, 0.2) is 207 Å². The summed E-state index contributed by atoms with van der Waals surface area (Å²) in [7, 11) is 0. The molecule has 8 heteroatoms. The van der Waals surface area contributed by atoms with E-state index >= 15 is 0 Å². The van der Waals surface area contributed by atoms with Gasteiger partial charge in [0, 0.05) is 39.5 Å². The average molecular weight is 915 g/mol. The van der Waals surface area contributed by atoms with E-state index in [1.54, 1.807) is 12.4 Å². The van der Waals surface area contributed by atoms with Gasteiger partial charge in [0.2, 0.25) is 0 Å². The van der Waals surface area contributed by atoms with Crippen molar-refractivity contribution in [2.24, 2.45) is 0 Å². The van der Waals surface area contributed by atoms with Gasteiger partial charge in [0.05, 0.1) is 85.5 Å². The first kappa shape index (κ1) is 42.5. The Labute approximate surface area is 413 Å². The first-order valence-corrected chi connectivity index (χ1v) is 23.1. The van der Waals surface area contributed by atoms with E-state index in [2.05, 4.69) is 99.1 Å². The lowest BCUT2D eigenvalue weighted by molar-refractivity contribution is 1.13. The molecule has 0 spiro atoms. The molecule has 3 aromatic heterocycles. The smallest absolute Gasteiger partial charge is 0.101 e. The van der Waals surface area contributed by atoms with Gasteiger partial charge in [-0.1, -0.05) is 121 Å². The molecule has 330 valence electrons. The Bertz CT molecular complexity index is 4230. The standard InChI is InChI=1S/C64H34N8/c65-35-45-9-1-5-13-50(45)41-17-21-54-55-22-18-42(51-14-6-2-10-46(51)36-66)30-61(55)71(60(54)29-41)59-34-58(40-25-27-70-28-26-40)64(33-49(59)39-69)72-62-31-43(52-15-7-3-11-47(52)37-67)19-23-56(62)57-24-20-44(32-63(57)72)53-16-8-4-12-48(53)38-68/h1-34H. The van der Waals surface area contributed by atoms with Gasteiger partial charge < -0.3 is 9.13 Å². The second-order valence-corrected chi connectivity index (χ2v) is 17.5. The lowest BCUT2D eigenvalue weighted by Gasteiger charge is -2.19. The number of hydrogen-bond donors (Lipinski definition) is 0. The third kappa shape index (κ3) is 6.84. The predicted molar refractivity (Wildman–Crippen MR) is 284 cm³/mol. The van der Waals surface area contributed by atoms with E-state index in [4.69, 9.17) is 0 Å². The van der Waals surface area contributed by atoms with E-state index in [0.717, 1.165) is 105 Å². The van der Waals surface area contributed by atoms with E-state index in [1.165, 1.54) is 0 Å². The van der Waals surface area contributed by atoms with Gasteiger partial charge in [-0.25, -0.2) is 0 Å². The van der Waals surface area contributed by atoms with Crippen LogP contribution >= 0.6 is 0 Å². The summed E-state index contributed by atoms with van der Waals surface area (Å²) in [6.45, 7) is 0. The maximum absolute atomic E-state index is 11.6. The molecule has 0 unspecified atom stereocenters. The van der Waals surface area contributed by atoms with Crippen LogP contribution in [0.5, 0.6) is 0 Å². The lowest BCUT2D eigenvalue weighted by Crippen LogP contribution is -2.04. The summed E-state index contributed by atoms with van der Waals surface area (Å²) in [5.41, 5.74) is 15.5. The topological polar surface area (TPSA) is 142 Å². The Balaban J connectivity index is 1.21. The van der Waals surface area contributed by atoms with Crippen LogP contribution in [0, 0.1) is 56.7 Å². The third-order valence-corrected chi connectivity index (χ3v) is 13.7. The van der Waals surface area contributed by atoms with Gasteiger partial charge in [-0.15, -0.1) is 0 Å². The van der Waals surface area contributed by atoms with E-state index in [1.807, 2.05) is 140 Å². The molecule has 0 atom stereocenters. The molecule has 0 saturated heterocycles. The lowest BCUT2D eigenvalue weighted by atomic mass is 9.98. The second kappa shape index (κ2) is 17.4. The van der Waals surface area contributed by atoms with Gasteiger partial charge in [-0.3, -0.25) is 4.98 Å². The number of benzene rings is 9. The number of nitriles is 5. The van der Waals surface area contributed by atoms with E-state index in [0.29, 0.717) is 33.5 Å². The van der Waals surface area contributed by atoms with Crippen LogP contribution < -0.4 is 0 Å². The highest BCUT2D eigenvalue weighted by atomic mass is 15.0. The van der Waals surface area contributed by atoms with Crippen molar-refractivity contribution in [1.82, 2.24) is 14.1 Å². The van der Waals surface area contributed by atoms with Gasteiger partial charge >= 0.3 is 0 Å². The Morgan fingerprint density at radius 3 is 0.931 bits per heavy atom. The van der Waals surface area contributed by atoms with Crippen LogP contribution in [-0.2, 0) is 0 Å². The van der Waals surface area contributed by atoms with Crippen LogP contribution in [0.3, 0.4) is 0 Å². The molecule has 0 bridgehead atoms. The van der Waals surface area contributed by atoms with E-state index in [-0.39, 0.29) is 0 Å². The van der Waals surface area contributed by atoms with Crippen LogP contribution in [-0.4, -0.2) is 14.1 Å². The molecule has 8 nitrogen and oxygen atoms in total. The van der Waals surface area contributed by atoms with Crippen molar-refractivity contribution in [2.45, 2.75) is 0 Å². The zero-order valence-corrected chi connectivity index (χ0v) is 38.2. The molecule has 0 aliphatic rings. The summed E-state index contributed by atoms with van der Waals surface area (Å²) >= 11 is 0. The third-order valence-electron chi connectivity index (χ3n) is 13.7. The summed E-state index contributed by atoms with van der Waals surface area (Å²) in [6.07, 6.45) is 3.52. The molecule has 0 saturated carbocycles. The number of pyridine rings is 1. The Hall–Kier alpha value is -10.8. The molecule has 12 aromatic rings. The van der Waals surface area contributed by atoms with Gasteiger partial charge in [0.15, 0.2) is 0 Å². The molecule has 0 N–H and O–H groups in total. The SMILES string of the molecule is N#Cc1ccccc1-c1ccc2c3ccc(-c4ccccc4C#N)cc3n(-c3cc(-c4ccncc4)c(-n4c5cc(-c6ccccc6C#N)ccc5c5ccc(-c6ccccc6C#N)cc54)cc3C#N)c2c1. The summed E-state index contributed by atoms with van der Waals surface area (Å²) in [4.78, 5) is 4.42. The molecule has 9 aromatic carbocycles. The number of rotatable bonds is 7. The predicted octanol–water partition coefficient (Wildman–Crippen LogP) is 15.0. The first-order valence-electron chi connectivity index (χ1n) is 23.1. The van der Waals surface area contributed by atoms with Crippen LogP contribution in [0.1, 0.15) is 27.8 Å². The first-order chi connectivity index (χ1) is 35.5. The minimum absolute atomic E-state index is 0.388. The molecule has 0 fully saturated rings. The molecule has 12 rings (SSSR count). The molecule has 72 heavy (non-hydrogen) atoms. The van der Waals surface area contributed by atoms with Crippen molar-refractivity contribution in [3.8, 4) is 97.4 Å². The molecule has 0 aliphatic carbocycles. The summed E-state index contributed by atoms with van der Waals surface area (Å²) in [5.74, 6) is 0. The van der Waals surface area contributed by atoms with Gasteiger partial charge in [-0.05, 0) is 123 Å². The monoisotopic (exact) mass is 914 g/mol. The zero-order chi connectivity index (χ0) is 48.9. The van der Waals surface area contributed by atoms with Crippen molar-refractivity contribution in [2.75, 3.05) is 0 Å². The number of fused-ring (bicyclic) bond motifs is 6. The molecule has 0 aliphatic heterocycles. The minimum Gasteiger partial charge on any atom is -0.309 e. The van der Waals surface area contributed by atoms with Crippen molar-refractivity contribution >= 4 is 43.6 Å². The van der Waals surface area contributed by atoms with Crippen molar-refractivity contribution < 1.29 is 0 Å². The Kier molecular flexibility index (Phi) is 10.3. The molecule has 0 amide bonds. The van der Waals surface area contributed by atoms with Crippen molar-refractivity contribution in [3.05, 3.63) is 234 Å². The fourth-order valence-electron chi connectivity index (χ4n) is 10.4. The largest absolute Gasteiger partial charge is 0.309 e. The number of hydrogen-bond acceptors (Lipinski definition) is 6. The van der Waals surface area contributed by atoms with Gasteiger partial charge in [-0.2, -0.15) is 26.3 Å². The maximum Gasteiger partial charge on any atom is 0.101 e. The molecule has 0 radical (unpaired) electrons.